The second-order valence-corrected chi connectivity index (χ2v) is 4.46. The van der Waals surface area contributed by atoms with Gasteiger partial charge < -0.3 is 13.9 Å². The van der Waals surface area contributed by atoms with E-state index in [0.29, 0.717) is 17.4 Å². The van der Waals surface area contributed by atoms with E-state index in [0.717, 1.165) is 16.9 Å². The van der Waals surface area contributed by atoms with Crippen LogP contribution in [0.3, 0.4) is 0 Å². The summed E-state index contributed by atoms with van der Waals surface area (Å²) < 4.78 is 16.4. The van der Waals surface area contributed by atoms with Crippen LogP contribution in [-0.2, 0) is 0 Å². The van der Waals surface area contributed by atoms with E-state index in [-0.39, 0.29) is 0 Å². The quantitative estimate of drug-likeness (QED) is 0.724. The molecule has 4 heteroatoms. The highest BCUT2D eigenvalue weighted by atomic mass is 16.5. The molecule has 0 N–H and O–H groups in total. The molecule has 0 fully saturated rings. The van der Waals surface area contributed by atoms with Crippen LogP contribution in [0, 0.1) is 0 Å². The number of rotatable bonds is 4. The summed E-state index contributed by atoms with van der Waals surface area (Å²) in [6.07, 6.45) is 1.70. The Morgan fingerprint density at radius 1 is 0.952 bits per heavy atom. The van der Waals surface area contributed by atoms with Crippen LogP contribution in [0.1, 0.15) is 0 Å². The normalized spacial score (nSPS) is 10.4. The van der Waals surface area contributed by atoms with E-state index in [1.807, 2.05) is 48.5 Å². The van der Waals surface area contributed by atoms with Gasteiger partial charge >= 0.3 is 0 Å². The van der Waals surface area contributed by atoms with Gasteiger partial charge in [-0.25, -0.2) is 4.98 Å². The van der Waals surface area contributed by atoms with E-state index in [1.54, 1.807) is 20.4 Å². The summed E-state index contributed by atoms with van der Waals surface area (Å²) >= 11 is 0. The highest BCUT2D eigenvalue weighted by Crippen LogP contribution is 2.35. The molecule has 4 nitrogen and oxygen atoms in total. The van der Waals surface area contributed by atoms with Crippen LogP contribution in [0.15, 0.2) is 59.1 Å². The number of hydrogen-bond acceptors (Lipinski definition) is 4. The fraction of sp³-hybridized carbons (Fsp3) is 0.118. The van der Waals surface area contributed by atoms with Crippen LogP contribution in [-0.4, -0.2) is 19.2 Å². The van der Waals surface area contributed by atoms with Crippen molar-refractivity contribution in [2.24, 2.45) is 0 Å². The van der Waals surface area contributed by atoms with E-state index >= 15 is 0 Å². The third-order valence-corrected chi connectivity index (χ3v) is 3.20. The second-order valence-electron chi connectivity index (χ2n) is 4.46. The predicted octanol–water partition coefficient (Wildman–Crippen LogP) is 4.03. The van der Waals surface area contributed by atoms with Gasteiger partial charge in [0.1, 0.15) is 11.5 Å². The first-order chi connectivity index (χ1) is 10.3. The van der Waals surface area contributed by atoms with Gasteiger partial charge in [-0.1, -0.05) is 18.2 Å². The Labute approximate surface area is 123 Å². The van der Waals surface area contributed by atoms with Gasteiger partial charge in [0.15, 0.2) is 5.76 Å². The minimum atomic E-state index is 0.587. The molecule has 0 radical (unpaired) electrons. The molecule has 0 unspecified atom stereocenters. The lowest BCUT2D eigenvalue weighted by atomic mass is 10.1. The highest BCUT2D eigenvalue weighted by Gasteiger charge is 2.13. The molecule has 0 saturated carbocycles. The summed E-state index contributed by atoms with van der Waals surface area (Å²) in [5.74, 6) is 2.67. The first-order valence-corrected chi connectivity index (χ1v) is 6.55. The Morgan fingerprint density at radius 3 is 2.48 bits per heavy atom. The number of ether oxygens (including phenoxy) is 2. The number of benzene rings is 2. The van der Waals surface area contributed by atoms with Gasteiger partial charge in [0.2, 0.25) is 5.89 Å². The molecule has 1 heterocycles. The smallest absolute Gasteiger partial charge is 0.226 e. The topological polar surface area (TPSA) is 44.5 Å². The molecule has 0 aliphatic heterocycles. The summed E-state index contributed by atoms with van der Waals surface area (Å²) in [6.45, 7) is 0. The van der Waals surface area contributed by atoms with Gasteiger partial charge in [0, 0.05) is 11.6 Å². The van der Waals surface area contributed by atoms with Crippen molar-refractivity contribution >= 4 is 0 Å². The summed E-state index contributed by atoms with van der Waals surface area (Å²) in [7, 11) is 3.24. The number of aromatic nitrogens is 1. The zero-order valence-corrected chi connectivity index (χ0v) is 11.9. The molecule has 0 amide bonds. The average Bonchev–Trinajstić information content (AvgIpc) is 3.04. The summed E-state index contributed by atoms with van der Waals surface area (Å²) in [5, 5.41) is 0. The molecule has 0 bridgehead atoms. The van der Waals surface area contributed by atoms with Crippen molar-refractivity contribution in [3.05, 3.63) is 54.7 Å². The van der Waals surface area contributed by atoms with Crippen molar-refractivity contribution in [2.45, 2.75) is 0 Å². The van der Waals surface area contributed by atoms with Crippen molar-refractivity contribution < 1.29 is 13.9 Å². The molecule has 2 aromatic carbocycles. The van der Waals surface area contributed by atoms with Crippen molar-refractivity contribution in [3.8, 4) is 34.3 Å². The van der Waals surface area contributed by atoms with Gasteiger partial charge in [0.25, 0.3) is 0 Å². The first kappa shape index (κ1) is 13.2. The summed E-state index contributed by atoms with van der Waals surface area (Å²) in [6, 6.07) is 15.4. The summed E-state index contributed by atoms with van der Waals surface area (Å²) in [5.41, 5.74) is 1.78. The number of hydrogen-bond donors (Lipinski definition) is 0. The minimum absolute atomic E-state index is 0.587. The lowest BCUT2D eigenvalue weighted by Gasteiger charge is -2.08. The van der Waals surface area contributed by atoms with E-state index in [4.69, 9.17) is 13.9 Å². The Kier molecular flexibility index (Phi) is 3.60. The molecule has 0 aliphatic rings. The molecular formula is C17H15NO3. The maximum atomic E-state index is 5.84. The van der Waals surface area contributed by atoms with E-state index in [1.165, 1.54) is 0 Å². The highest BCUT2D eigenvalue weighted by molar-refractivity contribution is 5.68. The first-order valence-electron chi connectivity index (χ1n) is 6.55. The Hall–Kier alpha value is -2.75. The standard InChI is InChI=1S/C17H15NO3/c1-19-13-8-9-14(15(10-13)20-2)16-11-18-17(21-16)12-6-4-3-5-7-12/h3-11H,1-2H3. The molecule has 21 heavy (non-hydrogen) atoms. The fourth-order valence-electron chi connectivity index (χ4n) is 2.11. The Balaban J connectivity index is 2.00. The zero-order chi connectivity index (χ0) is 14.7. The molecule has 0 saturated heterocycles. The molecule has 0 aliphatic carbocycles. The minimum Gasteiger partial charge on any atom is -0.497 e. The molecule has 0 atom stereocenters. The molecule has 3 rings (SSSR count). The Bertz CT molecular complexity index is 735. The van der Waals surface area contributed by atoms with Gasteiger partial charge in [-0.3, -0.25) is 0 Å². The van der Waals surface area contributed by atoms with Crippen molar-refractivity contribution in [3.63, 3.8) is 0 Å². The third-order valence-electron chi connectivity index (χ3n) is 3.20. The van der Waals surface area contributed by atoms with Gasteiger partial charge in [0.05, 0.1) is 26.0 Å². The lowest BCUT2D eigenvalue weighted by molar-refractivity contribution is 0.394. The SMILES string of the molecule is COc1ccc(-c2cnc(-c3ccccc3)o2)c(OC)c1. The van der Waals surface area contributed by atoms with Crippen LogP contribution < -0.4 is 9.47 Å². The van der Waals surface area contributed by atoms with Gasteiger partial charge in [-0.15, -0.1) is 0 Å². The number of methoxy groups -OCH3 is 2. The van der Waals surface area contributed by atoms with E-state index in [9.17, 15) is 0 Å². The average molecular weight is 281 g/mol. The molecule has 3 aromatic rings. The van der Waals surface area contributed by atoms with Crippen LogP contribution in [0.5, 0.6) is 11.5 Å². The molecule has 106 valence electrons. The predicted molar refractivity (Wildman–Crippen MR) is 80.5 cm³/mol. The third kappa shape index (κ3) is 2.60. The molecular weight excluding hydrogens is 266 g/mol. The van der Waals surface area contributed by atoms with E-state index in [2.05, 4.69) is 4.98 Å². The molecule has 1 aromatic heterocycles. The second kappa shape index (κ2) is 5.71. The van der Waals surface area contributed by atoms with Crippen molar-refractivity contribution in [1.82, 2.24) is 4.98 Å². The van der Waals surface area contributed by atoms with Crippen LogP contribution in [0.2, 0.25) is 0 Å². The van der Waals surface area contributed by atoms with Crippen LogP contribution in [0.25, 0.3) is 22.8 Å². The maximum absolute atomic E-state index is 5.84. The van der Waals surface area contributed by atoms with Crippen LogP contribution in [0.4, 0.5) is 0 Å². The van der Waals surface area contributed by atoms with Gasteiger partial charge in [-0.2, -0.15) is 0 Å². The van der Waals surface area contributed by atoms with Crippen LogP contribution >= 0.6 is 0 Å². The van der Waals surface area contributed by atoms with Gasteiger partial charge in [-0.05, 0) is 24.3 Å². The van der Waals surface area contributed by atoms with Crippen molar-refractivity contribution in [2.75, 3.05) is 14.2 Å². The Morgan fingerprint density at radius 2 is 1.76 bits per heavy atom. The number of oxazole rings is 1. The molecule has 0 spiro atoms. The zero-order valence-electron chi connectivity index (χ0n) is 11.9. The van der Waals surface area contributed by atoms with Crippen molar-refractivity contribution in [1.29, 1.82) is 0 Å². The summed E-state index contributed by atoms with van der Waals surface area (Å²) in [4.78, 5) is 4.33. The maximum Gasteiger partial charge on any atom is 0.226 e. The fourth-order valence-corrected chi connectivity index (χ4v) is 2.11. The van der Waals surface area contributed by atoms with E-state index < -0.39 is 0 Å². The monoisotopic (exact) mass is 281 g/mol. The lowest BCUT2D eigenvalue weighted by Crippen LogP contribution is -1.89. The number of nitrogens with zero attached hydrogens (tertiary/aromatic N) is 1. The largest absolute Gasteiger partial charge is 0.497 e.